The first-order valence-corrected chi connectivity index (χ1v) is 7.81. The molecule has 1 N–H and O–H groups in total. The smallest absolute Gasteiger partial charge is 0.267 e. The van der Waals surface area contributed by atoms with E-state index in [1.165, 1.54) is 0 Å². The van der Waals surface area contributed by atoms with E-state index in [-0.39, 0.29) is 5.91 Å². The molecule has 0 saturated heterocycles. The van der Waals surface area contributed by atoms with Crippen LogP contribution < -0.4 is 5.43 Å². The molecule has 0 aliphatic rings. The number of benzene rings is 1. The predicted octanol–water partition coefficient (Wildman–Crippen LogP) is 4.20. The Labute approximate surface area is 130 Å². The molecule has 0 aliphatic heterocycles. The predicted molar refractivity (Wildman–Crippen MR) is 87.7 cm³/mol. The van der Waals surface area contributed by atoms with E-state index < -0.39 is 0 Å². The quantitative estimate of drug-likeness (QED) is 0.654. The van der Waals surface area contributed by atoms with Crippen molar-refractivity contribution in [1.29, 1.82) is 0 Å². The molecule has 2 aromatic rings. The average Bonchev–Trinajstić information content (AvgIpc) is 2.93. The van der Waals surface area contributed by atoms with Crippen molar-refractivity contribution in [1.82, 2.24) is 5.43 Å². The number of nitrogens with zero attached hydrogens (tertiary/aromatic N) is 1. The lowest BCUT2D eigenvalue weighted by molar-refractivity contribution is 0.0954. The molecule has 1 aromatic carbocycles. The summed E-state index contributed by atoms with van der Waals surface area (Å²) in [6.45, 7) is 6.00. The Morgan fingerprint density at radius 1 is 1.30 bits per heavy atom. The lowest BCUT2D eigenvalue weighted by atomic mass is 9.98. The third-order valence-electron chi connectivity index (χ3n) is 3.30. The highest BCUT2D eigenvalue weighted by atomic mass is 79.9. The normalized spacial score (nSPS) is 11.0. The van der Waals surface area contributed by atoms with Gasteiger partial charge in [-0.25, -0.2) is 5.43 Å². The summed E-state index contributed by atoms with van der Waals surface area (Å²) in [4.78, 5) is 13.2. The molecule has 3 nitrogen and oxygen atoms in total. The molecule has 0 atom stereocenters. The van der Waals surface area contributed by atoms with Crippen molar-refractivity contribution in [3.63, 3.8) is 0 Å². The van der Waals surface area contributed by atoms with E-state index in [0.717, 1.165) is 26.0 Å². The van der Waals surface area contributed by atoms with Crippen LogP contribution >= 0.6 is 27.3 Å². The van der Waals surface area contributed by atoms with E-state index in [1.54, 1.807) is 17.6 Å². The van der Waals surface area contributed by atoms with Crippen LogP contribution in [0.2, 0.25) is 0 Å². The first kappa shape index (κ1) is 14.9. The Balaban J connectivity index is 2.18. The van der Waals surface area contributed by atoms with Crippen molar-refractivity contribution >= 4 is 39.4 Å². The summed E-state index contributed by atoms with van der Waals surface area (Å²) in [5.41, 5.74) is 6.46. The Bertz CT molecular complexity index is 663. The topological polar surface area (TPSA) is 41.5 Å². The molecular formula is C15H15BrN2OS. The van der Waals surface area contributed by atoms with Crippen LogP contribution in [0.1, 0.15) is 31.9 Å². The second-order valence-corrected chi connectivity index (χ2v) is 6.33. The largest absolute Gasteiger partial charge is 0.271 e. The lowest BCUT2D eigenvalue weighted by Crippen LogP contribution is -2.19. The van der Waals surface area contributed by atoms with Gasteiger partial charge < -0.3 is 0 Å². The van der Waals surface area contributed by atoms with E-state index in [0.29, 0.717) is 5.56 Å². The molecule has 0 unspecified atom stereocenters. The van der Waals surface area contributed by atoms with Crippen LogP contribution in [0.5, 0.6) is 0 Å². The van der Waals surface area contributed by atoms with Gasteiger partial charge in [-0.1, -0.05) is 22.0 Å². The molecule has 1 heterocycles. The number of carbonyl (C=O) groups is 1. The zero-order chi connectivity index (χ0) is 14.7. The maximum absolute atomic E-state index is 12.2. The van der Waals surface area contributed by atoms with Gasteiger partial charge >= 0.3 is 0 Å². The summed E-state index contributed by atoms with van der Waals surface area (Å²) in [7, 11) is 0. The first-order valence-electron chi connectivity index (χ1n) is 6.14. The molecule has 0 spiro atoms. The van der Waals surface area contributed by atoms with Crippen molar-refractivity contribution in [3.8, 4) is 0 Å². The number of hydrogen-bond acceptors (Lipinski definition) is 3. The summed E-state index contributed by atoms with van der Waals surface area (Å²) in [6.07, 6.45) is 1.65. The van der Waals surface area contributed by atoms with E-state index in [1.807, 2.05) is 44.4 Å². The number of halogens is 1. The molecule has 1 amide bonds. The molecule has 0 bridgehead atoms. The van der Waals surface area contributed by atoms with Crippen molar-refractivity contribution in [2.75, 3.05) is 0 Å². The summed E-state index contributed by atoms with van der Waals surface area (Å²) in [5, 5.41) is 5.95. The fourth-order valence-corrected chi connectivity index (χ4v) is 2.93. The number of hydrogen-bond donors (Lipinski definition) is 1. The molecule has 0 radical (unpaired) electrons. The van der Waals surface area contributed by atoms with Crippen LogP contribution in [0, 0.1) is 20.8 Å². The molecule has 0 saturated carbocycles. The number of carbonyl (C=O) groups excluding carboxylic acids is 1. The van der Waals surface area contributed by atoms with E-state index in [2.05, 4.69) is 26.5 Å². The minimum absolute atomic E-state index is 0.195. The van der Waals surface area contributed by atoms with Gasteiger partial charge in [0, 0.05) is 14.9 Å². The molecule has 0 aliphatic carbocycles. The third-order valence-corrected chi connectivity index (χ3v) is 4.93. The van der Waals surface area contributed by atoms with Gasteiger partial charge in [0.1, 0.15) is 0 Å². The van der Waals surface area contributed by atoms with Crippen LogP contribution in [0.15, 0.2) is 33.2 Å². The van der Waals surface area contributed by atoms with Gasteiger partial charge in [-0.3, -0.25) is 4.79 Å². The zero-order valence-electron chi connectivity index (χ0n) is 11.5. The van der Waals surface area contributed by atoms with Gasteiger partial charge in [0.05, 0.1) is 6.21 Å². The second kappa shape index (κ2) is 6.33. The average molecular weight is 351 g/mol. The van der Waals surface area contributed by atoms with Crippen molar-refractivity contribution in [2.24, 2.45) is 5.10 Å². The summed E-state index contributed by atoms with van der Waals surface area (Å²) in [6, 6.07) is 5.73. The SMILES string of the molecule is Cc1c(Br)cc(C(=O)NN=Cc2cccs2)c(C)c1C. The van der Waals surface area contributed by atoms with Crippen LogP contribution in [0.25, 0.3) is 0 Å². The highest BCUT2D eigenvalue weighted by Crippen LogP contribution is 2.25. The van der Waals surface area contributed by atoms with Crippen molar-refractivity contribution in [3.05, 3.63) is 55.2 Å². The fraction of sp³-hybridized carbons (Fsp3) is 0.200. The zero-order valence-corrected chi connectivity index (χ0v) is 13.9. The number of nitrogens with one attached hydrogen (secondary N) is 1. The van der Waals surface area contributed by atoms with E-state index in [4.69, 9.17) is 0 Å². The molecule has 20 heavy (non-hydrogen) atoms. The minimum Gasteiger partial charge on any atom is -0.267 e. The summed E-state index contributed by atoms with van der Waals surface area (Å²) >= 11 is 5.05. The van der Waals surface area contributed by atoms with E-state index in [9.17, 15) is 4.79 Å². The van der Waals surface area contributed by atoms with Gasteiger partial charge in [-0.2, -0.15) is 5.10 Å². The molecule has 1 aromatic heterocycles. The van der Waals surface area contributed by atoms with Crippen LogP contribution in [-0.2, 0) is 0 Å². The third kappa shape index (κ3) is 3.16. The standard InChI is InChI=1S/C15H15BrN2OS/c1-9-10(2)13(7-14(16)11(9)3)15(19)18-17-8-12-5-4-6-20-12/h4-8H,1-3H3,(H,18,19). The first-order chi connectivity index (χ1) is 9.50. The molecule has 5 heteroatoms. The maximum atomic E-state index is 12.2. The number of thiophene rings is 1. The highest BCUT2D eigenvalue weighted by molar-refractivity contribution is 9.10. The lowest BCUT2D eigenvalue weighted by Gasteiger charge is -2.12. The van der Waals surface area contributed by atoms with Gasteiger partial charge in [-0.05, 0) is 55.0 Å². The molecule has 2 rings (SSSR count). The Morgan fingerprint density at radius 2 is 2.05 bits per heavy atom. The summed E-state index contributed by atoms with van der Waals surface area (Å²) in [5.74, 6) is -0.195. The van der Waals surface area contributed by atoms with Gasteiger partial charge in [-0.15, -0.1) is 11.3 Å². The maximum Gasteiger partial charge on any atom is 0.271 e. The Hall–Kier alpha value is -1.46. The van der Waals surface area contributed by atoms with Crippen molar-refractivity contribution in [2.45, 2.75) is 20.8 Å². The van der Waals surface area contributed by atoms with E-state index >= 15 is 0 Å². The molecule has 0 fully saturated rings. The van der Waals surface area contributed by atoms with Gasteiger partial charge in [0.2, 0.25) is 0 Å². The summed E-state index contributed by atoms with van der Waals surface area (Å²) < 4.78 is 0.938. The van der Waals surface area contributed by atoms with Gasteiger partial charge in [0.25, 0.3) is 5.91 Å². The number of amides is 1. The van der Waals surface area contributed by atoms with Crippen LogP contribution in [0.4, 0.5) is 0 Å². The number of rotatable bonds is 3. The second-order valence-electron chi connectivity index (χ2n) is 4.50. The Kier molecular flexibility index (Phi) is 4.73. The Morgan fingerprint density at radius 3 is 2.70 bits per heavy atom. The number of hydrazone groups is 1. The van der Waals surface area contributed by atoms with Gasteiger partial charge in [0.15, 0.2) is 0 Å². The highest BCUT2D eigenvalue weighted by Gasteiger charge is 2.13. The van der Waals surface area contributed by atoms with Crippen LogP contribution in [0.3, 0.4) is 0 Å². The van der Waals surface area contributed by atoms with Crippen LogP contribution in [-0.4, -0.2) is 12.1 Å². The minimum atomic E-state index is -0.195. The monoisotopic (exact) mass is 350 g/mol. The molecular weight excluding hydrogens is 336 g/mol. The molecule has 104 valence electrons. The fourth-order valence-electron chi connectivity index (χ4n) is 1.82. The van der Waals surface area contributed by atoms with Crippen molar-refractivity contribution < 1.29 is 4.79 Å².